The molecule has 0 bridgehead atoms. The van der Waals surface area contributed by atoms with E-state index in [0.29, 0.717) is 31.1 Å². The number of hydrogen-bond acceptors (Lipinski definition) is 4. The molecule has 2 heterocycles. The van der Waals surface area contributed by atoms with E-state index in [2.05, 4.69) is 22.4 Å². The molecular weight excluding hydrogens is 304 g/mol. The number of aromatic nitrogens is 2. The maximum atomic E-state index is 12.2. The Hall–Kier alpha value is -2.37. The topological polar surface area (TPSA) is 71.3 Å². The first-order valence-corrected chi connectivity index (χ1v) is 8.66. The first-order chi connectivity index (χ1) is 11.8. The molecule has 0 saturated carbocycles. The van der Waals surface area contributed by atoms with Crippen LogP contribution in [0.2, 0.25) is 0 Å². The Morgan fingerprint density at radius 2 is 2.21 bits per heavy atom. The van der Waals surface area contributed by atoms with E-state index in [9.17, 15) is 4.79 Å². The molecule has 6 heteroatoms. The van der Waals surface area contributed by atoms with E-state index in [0.717, 1.165) is 31.4 Å². The van der Waals surface area contributed by atoms with Crippen molar-refractivity contribution in [1.29, 1.82) is 0 Å². The Kier molecular flexibility index (Phi) is 5.46. The summed E-state index contributed by atoms with van der Waals surface area (Å²) in [4.78, 5) is 18.6. The predicted molar refractivity (Wildman–Crippen MR) is 90.7 cm³/mol. The molecule has 1 atom stereocenters. The summed E-state index contributed by atoms with van der Waals surface area (Å²) in [5.41, 5.74) is 1.15. The van der Waals surface area contributed by atoms with Crippen molar-refractivity contribution in [3.63, 3.8) is 0 Å². The maximum absolute atomic E-state index is 12.2. The molecule has 3 rings (SSSR count). The van der Waals surface area contributed by atoms with Crippen LogP contribution in [0.3, 0.4) is 0 Å². The van der Waals surface area contributed by atoms with Crippen LogP contribution in [-0.2, 0) is 12.8 Å². The number of nitrogens with zero attached hydrogens (tertiary/aromatic N) is 3. The van der Waals surface area contributed by atoms with Crippen LogP contribution in [0.25, 0.3) is 0 Å². The van der Waals surface area contributed by atoms with Crippen LogP contribution in [-0.4, -0.2) is 40.2 Å². The number of amides is 2. The second-order valence-corrected chi connectivity index (χ2v) is 6.19. The second-order valence-electron chi connectivity index (χ2n) is 6.19. The Morgan fingerprint density at radius 1 is 1.38 bits per heavy atom. The fraction of sp³-hybridized carbons (Fsp3) is 0.500. The van der Waals surface area contributed by atoms with Crippen LogP contribution in [0.4, 0.5) is 4.79 Å². The highest BCUT2D eigenvalue weighted by Gasteiger charge is 2.29. The van der Waals surface area contributed by atoms with E-state index in [4.69, 9.17) is 4.52 Å². The number of carbonyl (C=O) groups excluding carboxylic acids is 1. The van der Waals surface area contributed by atoms with Crippen molar-refractivity contribution in [2.24, 2.45) is 0 Å². The lowest BCUT2D eigenvalue weighted by Crippen LogP contribution is -2.43. The van der Waals surface area contributed by atoms with Gasteiger partial charge in [-0.05, 0) is 24.8 Å². The number of nitrogens with one attached hydrogen (secondary N) is 1. The third kappa shape index (κ3) is 4.13. The zero-order valence-corrected chi connectivity index (χ0v) is 14.1. The second kappa shape index (κ2) is 7.95. The summed E-state index contributed by atoms with van der Waals surface area (Å²) in [6.45, 7) is 3.57. The van der Waals surface area contributed by atoms with Gasteiger partial charge in [0.1, 0.15) is 0 Å². The third-order valence-electron chi connectivity index (χ3n) is 4.29. The van der Waals surface area contributed by atoms with Crippen molar-refractivity contribution in [1.82, 2.24) is 20.4 Å². The van der Waals surface area contributed by atoms with E-state index in [1.165, 1.54) is 0 Å². The highest BCUT2D eigenvalue weighted by molar-refractivity contribution is 5.74. The summed E-state index contributed by atoms with van der Waals surface area (Å²) in [5.74, 6) is 1.30. The first-order valence-electron chi connectivity index (χ1n) is 8.66. The summed E-state index contributed by atoms with van der Waals surface area (Å²) in [6, 6.07) is 10.2. The molecule has 0 radical (unpaired) electrons. The molecular formula is C18H24N4O2. The summed E-state index contributed by atoms with van der Waals surface area (Å²) in [5, 5.41) is 7.04. The molecule has 24 heavy (non-hydrogen) atoms. The zero-order chi connectivity index (χ0) is 16.8. The molecule has 128 valence electrons. The van der Waals surface area contributed by atoms with Gasteiger partial charge in [-0.15, -0.1) is 0 Å². The van der Waals surface area contributed by atoms with E-state index in [-0.39, 0.29) is 12.1 Å². The zero-order valence-electron chi connectivity index (χ0n) is 14.1. The van der Waals surface area contributed by atoms with Crippen molar-refractivity contribution >= 4 is 6.03 Å². The van der Waals surface area contributed by atoms with Crippen LogP contribution in [0.1, 0.15) is 43.5 Å². The highest BCUT2D eigenvalue weighted by Crippen LogP contribution is 2.20. The van der Waals surface area contributed by atoms with Gasteiger partial charge >= 0.3 is 6.03 Å². The maximum Gasteiger partial charge on any atom is 0.317 e. The fourth-order valence-electron chi connectivity index (χ4n) is 3.07. The Morgan fingerprint density at radius 3 is 3.00 bits per heavy atom. The van der Waals surface area contributed by atoms with E-state index in [1.54, 1.807) is 0 Å². The molecule has 2 amide bonds. The van der Waals surface area contributed by atoms with E-state index in [1.807, 2.05) is 35.2 Å². The first kappa shape index (κ1) is 16.5. The molecule has 1 saturated heterocycles. The molecule has 1 aromatic heterocycles. The highest BCUT2D eigenvalue weighted by atomic mass is 16.5. The molecule has 2 aromatic rings. The van der Waals surface area contributed by atoms with Crippen LogP contribution in [0.5, 0.6) is 0 Å². The smallest absolute Gasteiger partial charge is 0.317 e. The molecule has 1 aliphatic heterocycles. The van der Waals surface area contributed by atoms with Crippen molar-refractivity contribution in [3.05, 3.63) is 47.6 Å². The minimum absolute atomic E-state index is 0.0207. The molecule has 1 fully saturated rings. The van der Waals surface area contributed by atoms with E-state index < -0.39 is 0 Å². The van der Waals surface area contributed by atoms with Gasteiger partial charge in [-0.2, -0.15) is 4.98 Å². The molecule has 0 spiro atoms. The largest absolute Gasteiger partial charge is 0.339 e. The lowest BCUT2D eigenvalue weighted by Gasteiger charge is -2.23. The summed E-state index contributed by atoms with van der Waals surface area (Å²) < 4.78 is 5.36. The van der Waals surface area contributed by atoms with Gasteiger partial charge in [0.15, 0.2) is 5.82 Å². The summed E-state index contributed by atoms with van der Waals surface area (Å²) >= 11 is 0. The van der Waals surface area contributed by atoms with Gasteiger partial charge in [0.05, 0.1) is 6.42 Å². The Balaban J connectivity index is 1.58. The van der Waals surface area contributed by atoms with Gasteiger partial charge < -0.3 is 14.7 Å². The standard InChI is InChI=1S/C18H24N4O2/c1-2-10-19-18(23)22-11-6-9-15(22)13-16-20-17(24-21-16)12-14-7-4-3-5-8-14/h3-5,7-8,15H,2,6,9-13H2,1H3,(H,19,23). The van der Waals surface area contributed by atoms with Gasteiger partial charge in [-0.1, -0.05) is 42.4 Å². The lowest BCUT2D eigenvalue weighted by atomic mass is 10.1. The minimum atomic E-state index is 0.0207. The quantitative estimate of drug-likeness (QED) is 0.885. The monoisotopic (exact) mass is 328 g/mol. The van der Waals surface area contributed by atoms with Crippen LogP contribution in [0, 0.1) is 0 Å². The average molecular weight is 328 g/mol. The number of benzene rings is 1. The number of urea groups is 1. The summed E-state index contributed by atoms with van der Waals surface area (Å²) in [6.07, 6.45) is 4.25. The van der Waals surface area contributed by atoms with Gasteiger partial charge in [-0.25, -0.2) is 4.79 Å². The normalized spacial score (nSPS) is 17.2. The third-order valence-corrected chi connectivity index (χ3v) is 4.29. The molecule has 6 nitrogen and oxygen atoms in total. The average Bonchev–Trinajstić information content (AvgIpc) is 3.23. The molecule has 1 aliphatic rings. The van der Waals surface area contributed by atoms with Crippen molar-refractivity contribution < 1.29 is 9.32 Å². The minimum Gasteiger partial charge on any atom is -0.339 e. The van der Waals surface area contributed by atoms with Gasteiger partial charge in [-0.3, -0.25) is 0 Å². The van der Waals surface area contributed by atoms with Gasteiger partial charge in [0, 0.05) is 25.6 Å². The van der Waals surface area contributed by atoms with Gasteiger partial charge in [0.25, 0.3) is 0 Å². The Labute approximate surface area is 142 Å². The molecule has 1 aromatic carbocycles. The van der Waals surface area contributed by atoms with Crippen LogP contribution >= 0.6 is 0 Å². The predicted octanol–water partition coefficient (Wildman–Crippen LogP) is 2.79. The fourth-order valence-corrected chi connectivity index (χ4v) is 3.07. The molecule has 0 aliphatic carbocycles. The molecule has 1 unspecified atom stereocenters. The number of hydrogen-bond donors (Lipinski definition) is 1. The van der Waals surface area contributed by atoms with E-state index >= 15 is 0 Å². The SMILES string of the molecule is CCCNC(=O)N1CCCC1Cc1noc(Cc2ccccc2)n1. The van der Waals surface area contributed by atoms with Crippen molar-refractivity contribution in [2.45, 2.75) is 45.1 Å². The Bertz CT molecular complexity index is 656. The summed E-state index contributed by atoms with van der Waals surface area (Å²) in [7, 11) is 0. The number of rotatable bonds is 6. The van der Waals surface area contributed by atoms with Gasteiger partial charge in [0.2, 0.25) is 5.89 Å². The number of carbonyl (C=O) groups is 1. The molecule has 1 N–H and O–H groups in total. The van der Waals surface area contributed by atoms with Crippen molar-refractivity contribution in [2.75, 3.05) is 13.1 Å². The number of likely N-dealkylation sites (tertiary alicyclic amines) is 1. The van der Waals surface area contributed by atoms with Crippen LogP contribution in [0.15, 0.2) is 34.9 Å². The van der Waals surface area contributed by atoms with Crippen molar-refractivity contribution in [3.8, 4) is 0 Å². The lowest BCUT2D eigenvalue weighted by molar-refractivity contribution is 0.191. The van der Waals surface area contributed by atoms with Crippen LogP contribution < -0.4 is 5.32 Å².